The number of aromatic nitrogens is 1. The van der Waals surface area contributed by atoms with Gasteiger partial charge in [-0.2, -0.15) is 5.10 Å². The highest BCUT2D eigenvalue weighted by molar-refractivity contribution is 7.13. The Morgan fingerprint density at radius 3 is 2.37 bits per heavy atom. The van der Waals surface area contributed by atoms with Crippen LogP contribution in [-0.4, -0.2) is 17.2 Å². The van der Waals surface area contributed by atoms with Gasteiger partial charge in [-0.15, -0.1) is 11.3 Å². The van der Waals surface area contributed by atoms with E-state index in [4.69, 9.17) is 10.7 Å². The summed E-state index contributed by atoms with van der Waals surface area (Å²) in [6, 6.07) is 7.42. The maximum atomic E-state index is 10.7. The lowest BCUT2D eigenvalue weighted by Crippen LogP contribution is -2.48. The highest BCUT2D eigenvalue weighted by Crippen LogP contribution is 2.60. The molecule has 4 fully saturated rings. The first-order valence-corrected chi connectivity index (χ1v) is 10.6. The molecule has 0 radical (unpaired) electrons. The van der Waals surface area contributed by atoms with Crippen LogP contribution in [0.1, 0.15) is 49.8 Å². The number of nitrogens with two attached hydrogens (primary N) is 1. The Labute approximate surface area is 163 Å². The molecule has 6 heteroatoms. The van der Waals surface area contributed by atoms with Crippen LogP contribution in [0.4, 0.5) is 4.79 Å². The molecule has 1 aromatic heterocycles. The lowest BCUT2D eigenvalue weighted by Gasteiger charge is -2.56. The lowest BCUT2D eigenvalue weighted by atomic mass is 9.49. The number of hydrogen-bond acceptors (Lipinski definition) is 4. The lowest BCUT2D eigenvalue weighted by molar-refractivity contribution is -0.00689. The molecule has 4 aliphatic carbocycles. The molecule has 1 aromatic carbocycles. The number of urea groups is 1. The number of nitrogens with zero attached hydrogens (tertiary/aromatic N) is 2. The van der Waals surface area contributed by atoms with Gasteiger partial charge in [0.1, 0.15) is 5.01 Å². The molecule has 1 heterocycles. The van der Waals surface area contributed by atoms with Crippen molar-refractivity contribution >= 4 is 23.6 Å². The van der Waals surface area contributed by atoms with E-state index in [0.29, 0.717) is 5.41 Å². The molecule has 0 saturated heterocycles. The first-order chi connectivity index (χ1) is 13.1. The predicted octanol–water partition coefficient (Wildman–Crippen LogP) is 4.28. The molecule has 27 heavy (non-hydrogen) atoms. The van der Waals surface area contributed by atoms with Crippen LogP contribution < -0.4 is 11.2 Å². The zero-order valence-electron chi connectivity index (χ0n) is 15.2. The normalized spacial score (nSPS) is 31.5. The molecule has 0 atom stereocenters. The molecular formula is C21H24N4OS. The minimum atomic E-state index is -0.664. The summed E-state index contributed by atoms with van der Waals surface area (Å²) in [4.78, 5) is 15.7. The molecule has 0 spiro atoms. The van der Waals surface area contributed by atoms with Crippen LogP contribution >= 0.6 is 11.3 Å². The summed E-state index contributed by atoms with van der Waals surface area (Å²) in [5.74, 6) is 2.82. The van der Waals surface area contributed by atoms with Gasteiger partial charge in [0, 0.05) is 16.4 Å². The second-order valence-corrected chi connectivity index (χ2v) is 9.45. The number of hydrogen-bond donors (Lipinski definition) is 2. The average Bonchev–Trinajstić information content (AvgIpc) is 3.12. The number of carbonyl (C=O) groups is 1. The first kappa shape index (κ1) is 16.9. The minimum absolute atomic E-state index is 0.358. The average molecular weight is 381 g/mol. The maximum Gasteiger partial charge on any atom is 0.332 e. The quantitative estimate of drug-likeness (QED) is 0.613. The second-order valence-electron chi connectivity index (χ2n) is 8.59. The minimum Gasteiger partial charge on any atom is -0.350 e. The van der Waals surface area contributed by atoms with E-state index >= 15 is 0 Å². The van der Waals surface area contributed by atoms with Crippen molar-refractivity contribution in [1.82, 2.24) is 10.4 Å². The van der Waals surface area contributed by atoms with Crippen molar-refractivity contribution < 1.29 is 4.79 Å². The highest BCUT2D eigenvalue weighted by Gasteiger charge is 2.52. The van der Waals surface area contributed by atoms with Gasteiger partial charge >= 0.3 is 6.03 Å². The summed E-state index contributed by atoms with van der Waals surface area (Å²) in [7, 11) is 0. The summed E-state index contributed by atoms with van der Waals surface area (Å²) < 4.78 is 0. The van der Waals surface area contributed by atoms with Crippen LogP contribution in [0.3, 0.4) is 0 Å². The van der Waals surface area contributed by atoms with Gasteiger partial charge in [0.05, 0.1) is 11.9 Å². The molecule has 140 valence electrons. The summed E-state index contributed by atoms with van der Waals surface area (Å²) in [5.41, 5.74) is 10.9. The third kappa shape index (κ3) is 3.16. The van der Waals surface area contributed by atoms with Gasteiger partial charge < -0.3 is 5.73 Å². The summed E-state index contributed by atoms with van der Waals surface area (Å²) in [6.45, 7) is 0. The third-order valence-electron chi connectivity index (χ3n) is 6.63. The van der Waals surface area contributed by atoms with Crippen LogP contribution in [0.15, 0.2) is 34.7 Å². The topological polar surface area (TPSA) is 80.4 Å². The van der Waals surface area contributed by atoms with Gasteiger partial charge in [0.25, 0.3) is 0 Å². The zero-order valence-corrected chi connectivity index (χ0v) is 16.0. The monoisotopic (exact) mass is 380 g/mol. The van der Waals surface area contributed by atoms with Crippen LogP contribution in [0.25, 0.3) is 10.6 Å². The van der Waals surface area contributed by atoms with Crippen LogP contribution in [-0.2, 0) is 5.41 Å². The van der Waals surface area contributed by atoms with Crippen molar-refractivity contribution in [2.24, 2.45) is 28.6 Å². The van der Waals surface area contributed by atoms with E-state index < -0.39 is 6.03 Å². The fourth-order valence-corrected chi connectivity index (χ4v) is 6.91. The second kappa shape index (κ2) is 6.44. The van der Waals surface area contributed by atoms with Gasteiger partial charge in [-0.25, -0.2) is 15.2 Å². The third-order valence-corrected chi connectivity index (χ3v) is 7.52. The molecule has 4 saturated carbocycles. The molecule has 0 aliphatic heterocycles. The Morgan fingerprint density at radius 1 is 1.15 bits per heavy atom. The molecule has 4 aliphatic rings. The highest BCUT2D eigenvalue weighted by atomic mass is 32.1. The Kier molecular flexibility index (Phi) is 4.04. The molecule has 3 N–H and O–H groups in total. The number of hydrazone groups is 1. The van der Waals surface area contributed by atoms with E-state index in [1.165, 1.54) is 44.2 Å². The fourth-order valence-electron chi connectivity index (χ4n) is 5.96. The Morgan fingerprint density at radius 2 is 1.78 bits per heavy atom. The number of benzene rings is 1. The van der Waals surface area contributed by atoms with Gasteiger partial charge in [-0.05, 0) is 61.8 Å². The summed E-state index contributed by atoms with van der Waals surface area (Å²) in [5, 5.41) is 7.20. The molecule has 6 rings (SSSR count). The van der Waals surface area contributed by atoms with E-state index in [-0.39, 0.29) is 0 Å². The van der Waals surface area contributed by atoms with E-state index in [0.717, 1.165) is 33.9 Å². The number of carbonyl (C=O) groups excluding carboxylic acids is 1. The van der Waals surface area contributed by atoms with Crippen molar-refractivity contribution in [2.75, 3.05) is 0 Å². The van der Waals surface area contributed by atoms with Crippen LogP contribution in [0.5, 0.6) is 0 Å². The standard InChI is InChI=1S/C21H24N4OS/c22-20(26)25-23-11-13-1-3-17(4-2-13)19-24-18(12-27-19)21-8-14-5-15(9-21)7-16(6-14)10-21/h1-4,11-12,14-16H,5-10H2,(H3,22,25,26). The van der Waals surface area contributed by atoms with E-state index in [9.17, 15) is 4.79 Å². The van der Waals surface area contributed by atoms with E-state index in [2.05, 4.69) is 28.0 Å². The van der Waals surface area contributed by atoms with Crippen molar-refractivity contribution in [3.05, 3.63) is 40.9 Å². The van der Waals surface area contributed by atoms with Gasteiger partial charge in [-0.3, -0.25) is 0 Å². The van der Waals surface area contributed by atoms with Gasteiger partial charge in [0.2, 0.25) is 0 Å². The Hall–Kier alpha value is -2.21. The summed E-state index contributed by atoms with van der Waals surface area (Å²) >= 11 is 1.76. The molecular weight excluding hydrogens is 356 g/mol. The predicted molar refractivity (Wildman–Crippen MR) is 108 cm³/mol. The van der Waals surface area contributed by atoms with Crippen LogP contribution in [0, 0.1) is 17.8 Å². The number of amides is 2. The van der Waals surface area contributed by atoms with E-state index in [1.807, 2.05) is 12.1 Å². The van der Waals surface area contributed by atoms with Crippen LogP contribution in [0.2, 0.25) is 0 Å². The molecule has 2 amide bonds. The van der Waals surface area contributed by atoms with Crippen molar-refractivity contribution in [1.29, 1.82) is 0 Å². The van der Waals surface area contributed by atoms with Gasteiger partial charge in [-0.1, -0.05) is 24.3 Å². The van der Waals surface area contributed by atoms with E-state index in [1.54, 1.807) is 17.6 Å². The maximum absolute atomic E-state index is 10.7. The largest absolute Gasteiger partial charge is 0.350 e. The smallest absolute Gasteiger partial charge is 0.332 e. The SMILES string of the molecule is NC(=O)NN=Cc1ccc(-c2nc(C34CC5CC(CC(C5)C3)C4)cs2)cc1. The molecule has 0 unspecified atom stereocenters. The zero-order chi connectivity index (χ0) is 18.4. The Bertz CT molecular complexity index is 851. The van der Waals surface area contributed by atoms with Crippen molar-refractivity contribution in [3.8, 4) is 10.6 Å². The molecule has 5 nitrogen and oxygen atoms in total. The number of nitrogens with one attached hydrogen (secondary N) is 1. The summed E-state index contributed by atoms with van der Waals surface area (Å²) in [6.07, 6.45) is 10.0. The Balaban J connectivity index is 1.35. The fraction of sp³-hybridized carbons (Fsp3) is 0.476. The van der Waals surface area contributed by atoms with Crippen molar-refractivity contribution in [2.45, 2.75) is 43.9 Å². The van der Waals surface area contributed by atoms with Gasteiger partial charge in [0.15, 0.2) is 0 Å². The number of primary amides is 1. The number of thiazole rings is 1. The first-order valence-electron chi connectivity index (χ1n) is 9.75. The molecule has 4 bridgehead atoms. The van der Waals surface area contributed by atoms with Crippen molar-refractivity contribution in [3.63, 3.8) is 0 Å². The molecule has 2 aromatic rings. The number of rotatable bonds is 4.